The Balaban J connectivity index is 2.63. The van der Waals surface area contributed by atoms with Crippen LogP contribution in [0.5, 0.6) is 0 Å². The Hall–Kier alpha value is -0.810. The molecule has 0 aliphatic heterocycles. The number of hydrogen-bond donors (Lipinski definition) is 0. The van der Waals surface area contributed by atoms with E-state index < -0.39 is 0 Å². The molecule has 1 aromatic carbocycles. The van der Waals surface area contributed by atoms with Crippen molar-refractivity contribution in [2.24, 2.45) is 0 Å². The predicted octanol–water partition coefficient (Wildman–Crippen LogP) is 3.79. The molecule has 0 aliphatic carbocycles. The molecule has 0 fully saturated rings. The molecule has 0 spiro atoms. The molecule has 2 rings (SSSR count). The zero-order chi connectivity index (χ0) is 12.4. The number of benzene rings is 1. The van der Waals surface area contributed by atoms with E-state index >= 15 is 0 Å². The first-order chi connectivity index (χ1) is 8.13. The number of hydrogen-bond acceptors (Lipinski definition) is 1. The highest BCUT2D eigenvalue weighted by molar-refractivity contribution is 14.1. The van der Waals surface area contributed by atoms with Crippen LogP contribution in [0.15, 0.2) is 41.2 Å². The van der Waals surface area contributed by atoms with Crippen LogP contribution in [-0.2, 0) is 6.54 Å². The molecule has 17 heavy (non-hydrogen) atoms. The maximum absolute atomic E-state index is 12.0. The Morgan fingerprint density at radius 3 is 2.41 bits per heavy atom. The predicted molar refractivity (Wildman–Crippen MR) is 79.5 cm³/mol. The number of aromatic nitrogens is 1. The largest absolute Gasteiger partial charge is 0.308 e. The monoisotopic (exact) mass is 359 g/mol. The van der Waals surface area contributed by atoms with E-state index in [0.717, 1.165) is 14.8 Å². The van der Waals surface area contributed by atoms with E-state index in [1.54, 1.807) is 4.57 Å². The van der Waals surface area contributed by atoms with Crippen molar-refractivity contribution >= 4 is 34.2 Å². The van der Waals surface area contributed by atoms with Crippen LogP contribution in [0.25, 0.3) is 11.3 Å². The minimum atomic E-state index is 0.0561. The third-order valence-corrected chi connectivity index (χ3v) is 3.66. The molecule has 4 heteroatoms. The first kappa shape index (κ1) is 12.6. The average Bonchev–Trinajstić information content (AvgIpc) is 2.34. The summed E-state index contributed by atoms with van der Waals surface area (Å²) in [5.74, 6) is 0. The number of nitrogens with zero attached hydrogens (tertiary/aromatic N) is 1. The summed E-state index contributed by atoms with van der Waals surface area (Å²) in [7, 11) is 0. The lowest BCUT2D eigenvalue weighted by Gasteiger charge is -2.11. The van der Waals surface area contributed by atoms with Crippen LogP contribution in [0.4, 0.5) is 0 Å². The summed E-state index contributed by atoms with van der Waals surface area (Å²) in [4.78, 5) is 12.0. The van der Waals surface area contributed by atoms with Crippen molar-refractivity contribution in [1.82, 2.24) is 4.57 Å². The lowest BCUT2D eigenvalue weighted by molar-refractivity contribution is 0.731. The highest BCUT2D eigenvalue weighted by Crippen LogP contribution is 2.21. The highest BCUT2D eigenvalue weighted by Gasteiger charge is 2.07. The molecule has 1 aromatic heterocycles. The van der Waals surface area contributed by atoms with Gasteiger partial charge in [-0.25, -0.2) is 0 Å². The quantitative estimate of drug-likeness (QED) is 0.748. The molecule has 0 amide bonds. The minimum Gasteiger partial charge on any atom is -0.308 e. The van der Waals surface area contributed by atoms with E-state index in [0.29, 0.717) is 11.6 Å². The summed E-state index contributed by atoms with van der Waals surface area (Å²) in [6.07, 6.45) is 0. The number of rotatable bonds is 2. The fourth-order valence-electron chi connectivity index (χ4n) is 1.74. The van der Waals surface area contributed by atoms with Gasteiger partial charge in [0.25, 0.3) is 5.56 Å². The zero-order valence-corrected chi connectivity index (χ0v) is 12.2. The van der Waals surface area contributed by atoms with Crippen LogP contribution in [0.2, 0.25) is 5.02 Å². The molecule has 1 heterocycles. The lowest BCUT2D eigenvalue weighted by Crippen LogP contribution is -2.22. The second-order valence-electron chi connectivity index (χ2n) is 3.62. The van der Waals surface area contributed by atoms with Gasteiger partial charge in [-0.3, -0.25) is 4.79 Å². The van der Waals surface area contributed by atoms with Gasteiger partial charge in [-0.15, -0.1) is 0 Å². The summed E-state index contributed by atoms with van der Waals surface area (Å²) in [6.45, 7) is 2.63. The zero-order valence-electron chi connectivity index (χ0n) is 9.28. The van der Waals surface area contributed by atoms with Crippen molar-refractivity contribution in [3.05, 3.63) is 55.3 Å². The molecular formula is C13H11ClINO. The van der Waals surface area contributed by atoms with Crippen LogP contribution in [-0.4, -0.2) is 4.57 Å². The second-order valence-corrected chi connectivity index (χ2v) is 5.22. The molecule has 0 bridgehead atoms. The molecule has 0 aliphatic rings. The van der Waals surface area contributed by atoms with Gasteiger partial charge in [-0.2, -0.15) is 0 Å². The van der Waals surface area contributed by atoms with E-state index in [1.165, 1.54) is 0 Å². The molecule has 0 atom stereocenters. The van der Waals surface area contributed by atoms with E-state index in [1.807, 2.05) is 43.3 Å². The van der Waals surface area contributed by atoms with Crippen LogP contribution in [0, 0.1) is 3.57 Å². The summed E-state index contributed by atoms with van der Waals surface area (Å²) in [5.41, 5.74) is 1.99. The Kier molecular flexibility index (Phi) is 3.89. The molecule has 0 saturated carbocycles. The first-order valence-electron chi connectivity index (χ1n) is 5.28. The van der Waals surface area contributed by atoms with Gasteiger partial charge in [0.1, 0.15) is 0 Å². The van der Waals surface area contributed by atoms with Gasteiger partial charge in [0, 0.05) is 11.6 Å². The standard InChI is InChI=1S/C13H11ClINO/c1-2-16-12(8-7-11(15)13(16)17)9-3-5-10(14)6-4-9/h3-8H,2H2,1H3. The molecule has 0 radical (unpaired) electrons. The highest BCUT2D eigenvalue weighted by atomic mass is 127. The average molecular weight is 360 g/mol. The van der Waals surface area contributed by atoms with Gasteiger partial charge in [0.15, 0.2) is 0 Å². The third-order valence-electron chi connectivity index (χ3n) is 2.58. The van der Waals surface area contributed by atoms with Crippen LogP contribution < -0.4 is 5.56 Å². The maximum Gasteiger partial charge on any atom is 0.264 e. The molecule has 2 nitrogen and oxygen atoms in total. The molecule has 2 aromatic rings. The normalized spacial score (nSPS) is 10.5. The number of halogens is 2. The summed E-state index contributed by atoms with van der Waals surface area (Å²) in [5, 5.41) is 0.699. The van der Waals surface area contributed by atoms with Gasteiger partial charge >= 0.3 is 0 Å². The van der Waals surface area contributed by atoms with E-state index in [4.69, 9.17) is 11.6 Å². The van der Waals surface area contributed by atoms with E-state index in [-0.39, 0.29) is 5.56 Å². The fourth-order valence-corrected chi connectivity index (χ4v) is 2.34. The van der Waals surface area contributed by atoms with Crippen molar-refractivity contribution in [2.75, 3.05) is 0 Å². The van der Waals surface area contributed by atoms with E-state index in [9.17, 15) is 4.79 Å². The van der Waals surface area contributed by atoms with Crippen molar-refractivity contribution in [3.8, 4) is 11.3 Å². The molecular weight excluding hydrogens is 349 g/mol. The van der Waals surface area contributed by atoms with Gasteiger partial charge in [-0.1, -0.05) is 23.7 Å². The lowest BCUT2D eigenvalue weighted by atomic mass is 10.1. The van der Waals surface area contributed by atoms with Crippen LogP contribution in [0.1, 0.15) is 6.92 Å². The third kappa shape index (κ3) is 2.55. The first-order valence-corrected chi connectivity index (χ1v) is 6.74. The molecule has 0 unspecified atom stereocenters. The van der Waals surface area contributed by atoms with Gasteiger partial charge in [0.05, 0.1) is 9.26 Å². The van der Waals surface area contributed by atoms with Gasteiger partial charge in [-0.05, 0) is 59.3 Å². The topological polar surface area (TPSA) is 22.0 Å². The maximum atomic E-state index is 12.0. The second kappa shape index (κ2) is 5.23. The molecule has 0 saturated heterocycles. The Morgan fingerprint density at radius 2 is 1.82 bits per heavy atom. The van der Waals surface area contributed by atoms with Crippen molar-refractivity contribution in [2.45, 2.75) is 13.5 Å². The van der Waals surface area contributed by atoms with Crippen LogP contribution in [0.3, 0.4) is 0 Å². The SMILES string of the molecule is CCn1c(-c2ccc(Cl)cc2)ccc(I)c1=O. The Bertz CT molecular complexity index is 589. The summed E-state index contributed by atoms with van der Waals surface area (Å²) < 4.78 is 2.51. The Labute approximate surface area is 118 Å². The van der Waals surface area contributed by atoms with E-state index in [2.05, 4.69) is 22.6 Å². The fraction of sp³-hybridized carbons (Fsp3) is 0.154. The van der Waals surface area contributed by atoms with Crippen LogP contribution >= 0.6 is 34.2 Å². The van der Waals surface area contributed by atoms with Crippen molar-refractivity contribution in [1.29, 1.82) is 0 Å². The smallest absolute Gasteiger partial charge is 0.264 e. The van der Waals surface area contributed by atoms with Crippen molar-refractivity contribution in [3.63, 3.8) is 0 Å². The Morgan fingerprint density at radius 1 is 1.18 bits per heavy atom. The van der Waals surface area contributed by atoms with Gasteiger partial charge in [0.2, 0.25) is 0 Å². The molecule has 88 valence electrons. The summed E-state index contributed by atoms with van der Waals surface area (Å²) >= 11 is 7.92. The van der Waals surface area contributed by atoms with Crippen molar-refractivity contribution < 1.29 is 0 Å². The number of pyridine rings is 1. The van der Waals surface area contributed by atoms with Gasteiger partial charge < -0.3 is 4.57 Å². The molecule has 0 N–H and O–H groups in total. The summed E-state index contributed by atoms with van der Waals surface area (Å²) in [6, 6.07) is 11.3. The minimum absolute atomic E-state index is 0.0561.